The molecular formula is C27H29N3O3. The molecule has 0 saturated carbocycles. The van der Waals surface area contributed by atoms with Gasteiger partial charge in [-0.25, -0.2) is 0 Å². The van der Waals surface area contributed by atoms with Gasteiger partial charge in [-0.15, -0.1) is 0 Å². The fraction of sp³-hybridized carbons (Fsp3) is 0.296. The molecule has 0 atom stereocenters. The van der Waals surface area contributed by atoms with Crippen molar-refractivity contribution in [2.24, 2.45) is 0 Å². The molecule has 6 heteroatoms. The summed E-state index contributed by atoms with van der Waals surface area (Å²) in [4.78, 5) is 4.59. The molecule has 1 N–H and O–H groups in total. The zero-order valence-electron chi connectivity index (χ0n) is 19.4. The van der Waals surface area contributed by atoms with Crippen LogP contribution in [0.1, 0.15) is 13.3 Å². The topological polar surface area (TPSA) is 61.9 Å². The molecule has 170 valence electrons. The van der Waals surface area contributed by atoms with E-state index in [0.717, 1.165) is 70.9 Å². The van der Waals surface area contributed by atoms with E-state index in [1.54, 1.807) is 12.1 Å². The number of hydrogen-bond donors (Lipinski definition) is 1. The molecule has 0 amide bonds. The van der Waals surface area contributed by atoms with Crippen LogP contribution >= 0.6 is 0 Å². The molecular weight excluding hydrogens is 414 g/mol. The standard InChI is InChI=1S/C27H29N3O3/c1-4-30(13-5-12-29(2)3)20-8-10-22-25(16-20)33-24-15-19(28)7-9-21(24)27(22)18-6-11-23-26(14-18)32-17-31-23/h6-11,14-16,28H,4-5,12-13,17H2,1-3H3. The van der Waals surface area contributed by atoms with E-state index in [2.05, 4.69) is 55.1 Å². The predicted octanol–water partition coefficient (Wildman–Crippen LogP) is 5.19. The van der Waals surface area contributed by atoms with Crippen LogP contribution < -0.4 is 19.7 Å². The summed E-state index contributed by atoms with van der Waals surface area (Å²) in [5, 5.41) is 9.57. The van der Waals surface area contributed by atoms with Crippen LogP contribution in [0.2, 0.25) is 0 Å². The van der Waals surface area contributed by atoms with Crippen molar-refractivity contribution in [3.63, 3.8) is 0 Å². The Balaban J connectivity index is 1.65. The summed E-state index contributed by atoms with van der Waals surface area (Å²) in [7, 11) is 4.21. The molecule has 2 aliphatic heterocycles. The summed E-state index contributed by atoms with van der Waals surface area (Å²) in [5.41, 5.74) is 5.04. The Labute approximate surface area is 193 Å². The number of rotatable bonds is 7. The number of benzene rings is 3. The van der Waals surface area contributed by atoms with Crippen molar-refractivity contribution in [1.29, 1.82) is 5.41 Å². The number of fused-ring (bicyclic) bond motifs is 3. The van der Waals surface area contributed by atoms with Gasteiger partial charge < -0.3 is 29.1 Å². The van der Waals surface area contributed by atoms with Gasteiger partial charge in [0.15, 0.2) is 11.5 Å². The maximum absolute atomic E-state index is 8.10. The number of hydrogen-bond acceptors (Lipinski definition) is 6. The first-order valence-electron chi connectivity index (χ1n) is 11.4. The molecule has 0 spiro atoms. The Morgan fingerprint density at radius 1 is 0.909 bits per heavy atom. The second-order valence-corrected chi connectivity index (χ2v) is 8.67. The van der Waals surface area contributed by atoms with Crippen LogP contribution in [0, 0.1) is 5.41 Å². The summed E-state index contributed by atoms with van der Waals surface area (Å²) < 4.78 is 17.5. The average Bonchev–Trinajstić information content (AvgIpc) is 3.27. The normalized spacial score (nSPS) is 12.7. The zero-order chi connectivity index (χ0) is 22.9. The predicted molar refractivity (Wildman–Crippen MR) is 131 cm³/mol. The molecule has 33 heavy (non-hydrogen) atoms. The molecule has 3 aliphatic rings. The van der Waals surface area contributed by atoms with E-state index >= 15 is 0 Å². The molecule has 5 rings (SSSR count). The maximum atomic E-state index is 8.10. The highest BCUT2D eigenvalue weighted by Crippen LogP contribution is 2.44. The van der Waals surface area contributed by atoms with Crippen LogP contribution in [-0.4, -0.2) is 45.4 Å². The highest BCUT2D eigenvalue weighted by Gasteiger charge is 2.21. The van der Waals surface area contributed by atoms with Crippen molar-refractivity contribution >= 4 is 16.7 Å². The van der Waals surface area contributed by atoms with E-state index in [0.29, 0.717) is 11.1 Å². The highest BCUT2D eigenvalue weighted by molar-refractivity contribution is 6.02. The fourth-order valence-corrected chi connectivity index (χ4v) is 4.49. The van der Waals surface area contributed by atoms with E-state index in [4.69, 9.17) is 19.3 Å². The van der Waals surface area contributed by atoms with Crippen molar-refractivity contribution in [3.05, 3.63) is 60.0 Å². The van der Waals surface area contributed by atoms with Gasteiger partial charge in [0.1, 0.15) is 11.3 Å². The Morgan fingerprint density at radius 2 is 1.76 bits per heavy atom. The summed E-state index contributed by atoms with van der Waals surface area (Å²) in [6.45, 7) is 5.40. The molecule has 0 aromatic heterocycles. The van der Waals surface area contributed by atoms with Crippen LogP contribution in [0.4, 0.5) is 5.69 Å². The lowest BCUT2D eigenvalue weighted by molar-refractivity contribution is 0.174. The summed E-state index contributed by atoms with van der Waals surface area (Å²) in [5.74, 6) is 2.22. The minimum Gasteiger partial charge on any atom is -0.456 e. The van der Waals surface area contributed by atoms with Crippen molar-refractivity contribution in [3.8, 4) is 33.9 Å². The molecule has 0 radical (unpaired) electrons. The van der Waals surface area contributed by atoms with E-state index in [-0.39, 0.29) is 6.79 Å². The van der Waals surface area contributed by atoms with Crippen LogP contribution in [0.5, 0.6) is 11.5 Å². The first kappa shape index (κ1) is 21.3. The van der Waals surface area contributed by atoms with Gasteiger partial charge in [-0.1, -0.05) is 6.07 Å². The van der Waals surface area contributed by atoms with E-state index < -0.39 is 0 Å². The number of anilines is 1. The highest BCUT2D eigenvalue weighted by atomic mass is 16.7. The molecule has 2 aromatic rings. The Morgan fingerprint density at radius 3 is 2.58 bits per heavy atom. The molecule has 0 unspecified atom stereocenters. The fourth-order valence-electron chi connectivity index (χ4n) is 4.49. The molecule has 0 fully saturated rings. The largest absolute Gasteiger partial charge is 0.456 e. The smallest absolute Gasteiger partial charge is 0.231 e. The number of nitrogens with zero attached hydrogens (tertiary/aromatic N) is 2. The lowest BCUT2D eigenvalue weighted by Crippen LogP contribution is -2.26. The quantitative estimate of drug-likeness (QED) is 0.398. The second kappa shape index (κ2) is 8.79. The van der Waals surface area contributed by atoms with Crippen LogP contribution in [0.3, 0.4) is 0 Å². The number of ether oxygens (including phenoxy) is 2. The van der Waals surface area contributed by atoms with Gasteiger partial charge in [-0.3, -0.25) is 0 Å². The summed E-state index contributed by atoms with van der Waals surface area (Å²) in [6, 6.07) is 18.0. The minimum atomic E-state index is 0.247. The van der Waals surface area contributed by atoms with Crippen LogP contribution in [-0.2, 0) is 0 Å². The van der Waals surface area contributed by atoms with Crippen LogP contribution in [0.25, 0.3) is 33.4 Å². The monoisotopic (exact) mass is 443 g/mol. The molecule has 1 aliphatic carbocycles. The zero-order valence-corrected chi connectivity index (χ0v) is 19.4. The van der Waals surface area contributed by atoms with Gasteiger partial charge in [0.2, 0.25) is 6.79 Å². The minimum absolute atomic E-state index is 0.247. The lowest BCUT2D eigenvalue weighted by Gasteiger charge is -2.25. The molecule has 6 nitrogen and oxygen atoms in total. The summed E-state index contributed by atoms with van der Waals surface area (Å²) in [6.07, 6.45) is 1.10. The van der Waals surface area contributed by atoms with Crippen molar-refractivity contribution < 1.29 is 13.9 Å². The Bertz CT molecular complexity index is 1330. The van der Waals surface area contributed by atoms with Crippen LogP contribution in [0.15, 0.2) is 59.0 Å². The average molecular weight is 444 g/mol. The first-order chi connectivity index (χ1) is 16.0. The Kier molecular flexibility index (Phi) is 5.68. The van der Waals surface area contributed by atoms with Gasteiger partial charge in [-0.2, -0.15) is 0 Å². The third-order valence-electron chi connectivity index (χ3n) is 6.15. The van der Waals surface area contributed by atoms with Crippen molar-refractivity contribution in [2.45, 2.75) is 13.3 Å². The maximum Gasteiger partial charge on any atom is 0.231 e. The third-order valence-corrected chi connectivity index (χ3v) is 6.15. The van der Waals surface area contributed by atoms with Crippen molar-refractivity contribution in [2.75, 3.05) is 45.4 Å². The summed E-state index contributed by atoms with van der Waals surface area (Å²) >= 11 is 0. The van der Waals surface area contributed by atoms with Gasteiger partial charge in [0.05, 0.1) is 5.36 Å². The molecule has 0 bridgehead atoms. The third kappa shape index (κ3) is 4.14. The van der Waals surface area contributed by atoms with E-state index in [1.165, 1.54) is 0 Å². The lowest BCUT2D eigenvalue weighted by atomic mass is 9.93. The number of nitrogens with one attached hydrogen (secondary N) is 1. The van der Waals surface area contributed by atoms with Gasteiger partial charge in [0, 0.05) is 47.4 Å². The van der Waals surface area contributed by atoms with Gasteiger partial charge in [0.25, 0.3) is 0 Å². The molecule has 0 saturated heterocycles. The van der Waals surface area contributed by atoms with Crippen molar-refractivity contribution in [1.82, 2.24) is 4.90 Å². The molecule has 2 heterocycles. The van der Waals surface area contributed by atoms with E-state index in [9.17, 15) is 0 Å². The second-order valence-electron chi connectivity index (χ2n) is 8.67. The van der Waals surface area contributed by atoms with Gasteiger partial charge >= 0.3 is 0 Å². The Hall–Kier alpha value is -3.51. The molecule has 2 aromatic carbocycles. The van der Waals surface area contributed by atoms with E-state index in [1.807, 2.05) is 18.2 Å². The SMILES string of the molecule is CCN(CCCN(C)C)c1ccc2c(-c3ccc4c(c3)OCO4)c3ccc(=N)cc-3oc2c1. The first-order valence-corrected chi connectivity index (χ1v) is 11.4. The van der Waals surface area contributed by atoms with Gasteiger partial charge in [-0.05, 0) is 75.9 Å².